The lowest BCUT2D eigenvalue weighted by Crippen LogP contribution is -2.07. The SMILES string of the molecule is CC(C)n1ncc([N+](=O)[O-])c1N. The number of anilines is 1. The number of rotatable bonds is 2. The molecule has 0 radical (unpaired) electrons. The highest BCUT2D eigenvalue weighted by Gasteiger charge is 2.18. The zero-order chi connectivity index (χ0) is 9.30. The van der Waals surface area contributed by atoms with Gasteiger partial charge in [-0.3, -0.25) is 10.1 Å². The van der Waals surface area contributed by atoms with Crippen molar-refractivity contribution in [2.75, 3.05) is 5.73 Å². The molecule has 0 atom stereocenters. The third-order valence-corrected chi connectivity index (χ3v) is 1.50. The number of nitro groups is 1. The van der Waals surface area contributed by atoms with E-state index >= 15 is 0 Å². The summed E-state index contributed by atoms with van der Waals surface area (Å²) in [4.78, 5) is 9.79. The van der Waals surface area contributed by atoms with Crippen LogP contribution < -0.4 is 5.73 Å². The summed E-state index contributed by atoms with van der Waals surface area (Å²) >= 11 is 0. The van der Waals surface area contributed by atoms with Crippen molar-refractivity contribution in [1.82, 2.24) is 9.78 Å². The van der Waals surface area contributed by atoms with Gasteiger partial charge in [-0.1, -0.05) is 0 Å². The Kier molecular flexibility index (Phi) is 1.99. The molecule has 0 fully saturated rings. The Morgan fingerprint density at radius 1 is 1.75 bits per heavy atom. The summed E-state index contributed by atoms with van der Waals surface area (Å²) in [7, 11) is 0. The first-order chi connectivity index (χ1) is 5.54. The molecule has 66 valence electrons. The van der Waals surface area contributed by atoms with Crippen molar-refractivity contribution in [2.45, 2.75) is 19.9 Å². The molecular formula is C6H10N4O2. The van der Waals surface area contributed by atoms with Crippen LogP contribution in [0.2, 0.25) is 0 Å². The fourth-order valence-corrected chi connectivity index (χ4v) is 0.915. The van der Waals surface area contributed by atoms with E-state index in [0.717, 1.165) is 6.20 Å². The lowest BCUT2D eigenvalue weighted by molar-refractivity contribution is -0.384. The Bertz CT molecular complexity index is 304. The molecule has 0 unspecified atom stereocenters. The highest BCUT2D eigenvalue weighted by atomic mass is 16.6. The van der Waals surface area contributed by atoms with Crippen molar-refractivity contribution in [1.29, 1.82) is 0 Å². The molecule has 0 aliphatic heterocycles. The molecule has 0 saturated carbocycles. The number of aromatic nitrogens is 2. The van der Waals surface area contributed by atoms with Gasteiger partial charge in [0.15, 0.2) is 0 Å². The van der Waals surface area contributed by atoms with E-state index in [1.165, 1.54) is 4.68 Å². The molecular weight excluding hydrogens is 160 g/mol. The van der Waals surface area contributed by atoms with Crippen molar-refractivity contribution >= 4 is 11.5 Å². The van der Waals surface area contributed by atoms with Crippen molar-refractivity contribution in [3.05, 3.63) is 16.3 Å². The third-order valence-electron chi connectivity index (χ3n) is 1.50. The maximum absolute atomic E-state index is 10.3. The first kappa shape index (κ1) is 8.51. The monoisotopic (exact) mass is 170 g/mol. The van der Waals surface area contributed by atoms with Crippen LogP contribution in [0.25, 0.3) is 0 Å². The Morgan fingerprint density at radius 2 is 2.33 bits per heavy atom. The van der Waals surface area contributed by atoms with Crippen LogP contribution in [-0.2, 0) is 0 Å². The molecule has 6 nitrogen and oxygen atoms in total. The Hall–Kier alpha value is -1.59. The second kappa shape index (κ2) is 2.80. The summed E-state index contributed by atoms with van der Waals surface area (Å²) in [5, 5.41) is 14.1. The van der Waals surface area contributed by atoms with Gasteiger partial charge in [0.25, 0.3) is 0 Å². The van der Waals surface area contributed by atoms with Crippen LogP contribution in [0.3, 0.4) is 0 Å². The molecule has 1 aromatic rings. The van der Waals surface area contributed by atoms with Crippen LogP contribution in [-0.4, -0.2) is 14.7 Å². The molecule has 12 heavy (non-hydrogen) atoms. The molecule has 0 spiro atoms. The van der Waals surface area contributed by atoms with Gasteiger partial charge in [0, 0.05) is 6.04 Å². The normalized spacial score (nSPS) is 10.6. The van der Waals surface area contributed by atoms with Gasteiger partial charge < -0.3 is 5.73 Å². The number of nitrogens with zero attached hydrogens (tertiary/aromatic N) is 3. The van der Waals surface area contributed by atoms with E-state index in [1.54, 1.807) is 0 Å². The Morgan fingerprint density at radius 3 is 2.58 bits per heavy atom. The van der Waals surface area contributed by atoms with Gasteiger partial charge in [-0.2, -0.15) is 5.10 Å². The van der Waals surface area contributed by atoms with E-state index in [2.05, 4.69) is 5.10 Å². The van der Waals surface area contributed by atoms with Crippen molar-refractivity contribution < 1.29 is 4.92 Å². The van der Waals surface area contributed by atoms with Gasteiger partial charge in [0.1, 0.15) is 6.20 Å². The number of hydrogen-bond acceptors (Lipinski definition) is 4. The molecule has 6 heteroatoms. The number of nitrogens with two attached hydrogens (primary N) is 1. The largest absolute Gasteiger partial charge is 0.378 e. The fraction of sp³-hybridized carbons (Fsp3) is 0.500. The topological polar surface area (TPSA) is 87.0 Å². The minimum absolute atomic E-state index is 0.0405. The maximum Gasteiger partial charge on any atom is 0.330 e. The van der Waals surface area contributed by atoms with E-state index in [-0.39, 0.29) is 17.5 Å². The highest BCUT2D eigenvalue weighted by molar-refractivity contribution is 5.51. The minimum Gasteiger partial charge on any atom is -0.378 e. The molecule has 1 rings (SSSR count). The van der Waals surface area contributed by atoms with Gasteiger partial charge in [-0.05, 0) is 13.8 Å². The lowest BCUT2D eigenvalue weighted by atomic mass is 10.4. The van der Waals surface area contributed by atoms with Gasteiger partial charge >= 0.3 is 5.69 Å². The molecule has 0 aromatic carbocycles. The van der Waals surface area contributed by atoms with Gasteiger partial charge in [0.05, 0.1) is 4.92 Å². The van der Waals surface area contributed by atoms with Crippen LogP contribution in [0.4, 0.5) is 11.5 Å². The van der Waals surface area contributed by atoms with Crippen LogP contribution in [0, 0.1) is 10.1 Å². The van der Waals surface area contributed by atoms with E-state index in [4.69, 9.17) is 5.73 Å². The maximum atomic E-state index is 10.3. The molecule has 0 bridgehead atoms. The molecule has 0 amide bonds. The van der Waals surface area contributed by atoms with Crippen LogP contribution in [0.5, 0.6) is 0 Å². The number of hydrogen-bond donors (Lipinski definition) is 1. The minimum atomic E-state index is -0.540. The van der Waals surface area contributed by atoms with Crippen LogP contribution >= 0.6 is 0 Å². The molecule has 1 heterocycles. The second-order valence-corrected chi connectivity index (χ2v) is 2.71. The zero-order valence-corrected chi connectivity index (χ0v) is 6.89. The summed E-state index contributed by atoms with van der Waals surface area (Å²) < 4.78 is 1.41. The average Bonchev–Trinajstić information content (AvgIpc) is 2.30. The molecule has 0 aliphatic rings. The van der Waals surface area contributed by atoms with Gasteiger partial charge in [0.2, 0.25) is 5.82 Å². The quantitative estimate of drug-likeness (QED) is 0.528. The molecule has 0 aliphatic carbocycles. The molecule has 2 N–H and O–H groups in total. The standard InChI is InChI=1S/C6H10N4O2/c1-4(2)9-6(7)5(3-8-9)10(11)12/h3-4H,7H2,1-2H3. The molecule has 1 aromatic heterocycles. The predicted octanol–water partition coefficient (Wildman–Crippen LogP) is 0.954. The first-order valence-electron chi connectivity index (χ1n) is 3.51. The van der Waals surface area contributed by atoms with Crippen LogP contribution in [0.15, 0.2) is 6.20 Å². The van der Waals surface area contributed by atoms with E-state index in [1.807, 2.05) is 13.8 Å². The summed E-state index contributed by atoms with van der Waals surface area (Å²) in [5.74, 6) is 0.106. The third kappa shape index (κ3) is 1.23. The van der Waals surface area contributed by atoms with E-state index < -0.39 is 4.92 Å². The van der Waals surface area contributed by atoms with E-state index in [9.17, 15) is 10.1 Å². The van der Waals surface area contributed by atoms with Crippen molar-refractivity contribution in [2.24, 2.45) is 0 Å². The van der Waals surface area contributed by atoms with Crippen LogP contribution in [0.1, 0.15) is 19.9 Å². The zero-order valence-electron chi connectivity index (χ0n) is 6.89. The second-order valence-electron chi connectivity index (χ2n) is 2.71. The van der Waals surface area contributed by atoms with Gasteiger partial charge in [-0.15, -0.1) is 0 Å². The molecule has 0 saturated heterocycles. The predicted molar refractivity (Wildman–Crippen MR) is 43.7 cm³/mol. The van der Waals surface area contributed by atoms with Crippen molar-refractivity contribution in [3.63, 3.8) is 0 Å². The lowest BCUT2D eigenvalue weighted by Gasteiger charge is -2.05. The van der Waals surface area contributed by atoms with Crippen molar-refractivity contribution in [3.8, 4) is 0 Å². The van der Waals surface area contributed by atoms with Gasteiger partial charge in [-0.25, -0.2) is 4.68 Å². The number of nitrogen functional groups attached to an aromatic ring is 1. The van der Waals surface area contributed by atoms with E-state index in [0.29, 0.717) is 0 Å². The fourth-order valence-electron chi connectivity index (χ4n) is 0.915. The summed E-state index contributed by atoms with van der Waals surface area (Å²) in [6.45, 7) is 3.71. The smallest absolute Gasteiger partial charge is 0.330 e. The average molecular weight is 170 g/mol. The first-order valence-corrected chi connectivity index (χ1v) is 3.51. The summed E-state index contributed by atoms with van der Waals surface area (Å²) in [5.41, 5.74) is 5.33. The highest BCUT2D eigenvalue weighted by Crippen LogP contribution is 2.22. The Balaban J connectivity index is 3.13. The summed E-state index contributed by atoms with van der Waals surface area (Å²) in [6.07, 6.45) is 1.16. The summed E-state index contributed by atoms with van der Waals surface area (Å²) in [6, 6.07) is 0.0405. The Labute approximate surface area is 69.1 Å².